The van der Waals surface area contributed by atoms with Crippen LogP contribution in [0.5, 0.6) is 0 Å². The maximum Gasteiger partial charge on any atom is 0.172 e. The lowest BCUT2D eigenvalue weighted by Gasteiger charge is -2.10. The second-order valence-electron chi connectivity index (χ2n) is 5.16. The molecule has 2 rings (SSSR count). The topological polar surface area (TPSA) is 60.2 Å². The van der Waals surface area contributed by atoms with Crippen LogP contribution >= 0.6 is 0 Å². The number of carbonyl (C=O) groups excluding carboxylic acids is 1. The Kier molecular flexibility index (Phi) is 7.07. The predicted octanol–water partition coefficient (Wildman–Crippen LogP) is 3.24. The van der Waals surface area contributed by atoms with Crippen LogP contribution in [0.25, 0.3) is 0 Å². The van der Waals surface area contributed by atoms with Crippen LogP contribution in [-0.4, -0.2) is 25.3 Å². The molecule has 6 heteroatoms. The SMILES string of the molecule is CO/N=C(/C=O)c1cccc(C)c1CO/N=C/C#Cc1ccc(F)cc1. The van der Waals surface area contributed by atoms with E-state index >= 15 is 0 Å². The largest absolute Gasteiger partial charge is 0.399 e. The number of halogens is 1. The van der Waals surface area contributed by atoms with Gasteiger partial charge in [-0.2, -0.15) is 0 Å². The summed E-state index contributed by atoms with van der Waals surface area (Å²) < 4.78 is 12.8. The molecule has 0 aliphatic carbocycles. The summed E-state index contributed by atoms with van der Waals surface area (Å²) in [6.45, 7) is 2.04. The van der Waals surface area contributed by atoms with Crippen LogP contribution in [0.15, 0.2) is 52.8 Å². The van der Waals surface area contributed by atoms with Crippen molar-refractivity contribution in [1.29, 1.82) is 0 Å². The van der Waals surface area contributed by atoms with Crippen molar-refractivity contribution >= 4 is 18.2 Å². The van der Waals surface area contributed by atoms with Crippen molar-refractivity contribution in [2.45, 2.75) is 13.5 Å². The molecule has 2 aromatic rings. The van der Waals surface area contributed by atoms with Crippen molar-refractivity contribution in [2.75, 3.05) is 7.11 Å². The Morgan fingerprint density at radius 2 is 2.00 bits per heavy atom. The average Bonchev–Trinajstić information content (AvgIpc) is 2.65. The summed E-state index contributed by atoms with van der Waals surface area (Å²) in [4.78, 5) is 21.2. The van der Waals surface area contributed by atoms with E-state index in [2.05, 4.69) is 22.2 Å². The Morgan fingerprint density at radius 3 is 2.69 bits per heavy atom. The number of hydrogen-bond donors (Lipinski definition) is 0. The second-order valence-corrected chi connectivity index (χ2v) is 5.16. The van der Waals surface area contributed by atoms with E-state index in [1.165, 1.54) is 25.5 Å². The molecule has 0 aliphatic heterocycles. The molecular weight excluding hydrogens is 335 g/mol. The minimum atomic E-state index is -0.312. The Bertz CT molecular complexity index is 878. The lowest BCUT2D eigenvalue weighted by atomic mass is 9.99. The number of oxime groups is 2. The number of benzene rings is 2. The van der Waals surface area contributed by atoms with E-state index in [9.17, 15) is 9.18 Å². The maximum absolute atomic E-state index is 12.8. The highest BCUT2D eigenvalue weighted by Gasteiger charge is 2.12. The van der Waals surface area contributed by atoms with Gasteiger partial charge < -0.3 is 9.68 Å². The van der Waals surface area contributed by atoms with Crippen LogP contribution in [0.3, 0.4) is 0 Å². The molecule has 0 unspecified atom stereocenters. The van der Waals surface area contributed by atoms with E-state index in [0.29, 0.717) is 17.4 Å². The molecule has 132 valence electrons. The van der Waals surface area contributed by atoms with Gasteiger partial charge in [0.15, 0.2) is 6.29 Å². The van der Waals surface area contributed by atoms with Crippen molar-refractivity contribution in [3.8, 4) is 11.8 Å². The third kappa shape index (κ3) is 5.28. The van der Waals surface area contributed by atoms with Crippen LogP contribution in [0, 0.1) is 24.6 Å². The molecule has 0 bridgehead atoms. The van der Waals surface area contributed by atoms with Gasteiger partial charge in [0.1, 0.15) is 31.5 Å². The quantitative estimate of drug-likeness (QED) is 0.347. The van der Waals surface area contributed by atoms with Crippen molar-refractivity contribution in [3.05, 3.63) is 70.5 Å². The normalized spacial score (nSPS) is 11.0. The molecule has 0 atom stereocenters. The fourth-order valence-electron chi connectivity index (χ4n) is 2.18. The molecule has 0 aromatic heterocycles. The standard InChI is InChI=1S/C20H17FN2O3/c1-15-5-3-7-18(20(13-24)23-25-2)19(15)14-26-22-12-4-6-16-8-10-17(21)11-9-16/h3,5,7-13H,14H2,1-2H3/b22-12+,23-20-. The van der Waals surface area contributed by atoms with E-state index in [-0.39, 0.29) is 18.1 Å². The van der Waals surface area contributed by atoms with Crippen molar-refractivity contribution in [2.24, 2.45) is 10.3 Å². The van der Waals surface area contributed by atoms with Gasteiger partial charge in [-0.05, 0) is 42.7 Å². The lowest BCUT2D eigenvalue weighted by molar-refractivity contribution is -0.102. The first kappa shape index (κ1) is 18.9. The van der Waals surface area contributed by atoms with Crippen LogP contribution in [0.2, 0.25) is 0 Å². The molecule has 26 heavy (non-hydrogen) atoms. The summed E-state index contributed by atoms with van der Waals surface area (Å²) in [5.41, 5.74) is 3.18. The molecule has 0 amide bonds. The molecule has 0 spiro atoms. The van der Waals surface area contributed by atoms with E-state index in [1.54, 1.807) is 18.2 Å². The summed E-state index contributed by atoms with van der Waals surface area (Å²) in [6.07, 6.45) is 1.93. The number of carbonyl (C=O) groups is 1. The molecule has 0 radical (unpaired) electrons. The van der Waals surface area contributed by atoms with E-state index in [1.807, 2.05) is 19.1 Å². The molecule has 0 saturated heterocycles. The zero-order valence-corrected chi connectivity index (χ0v) is 14.4. The molecule has 0 saturated carbocycles. The molecule has 0 fully saturated rings. The third-order valence-corrected chi connectivity index (χ3v) is 3.45. The summed E-state index contributed by atoms with van der Waals surface area (Å²) in [5.74, 6) is 5.20. The van der Waals surface area contributed by atoms with Crippen molar-refractivity contribution in [1.82, 2.24) is 0 Å². The summed E-state index contributed by atoms with van der Waals surface area (Å²) in [5, 5.41) is 7.50. The monoisotopic (exact) mass is 352 g/mol. The number of aryl methyl sites for hydroxylation is 1. The van der Waals surface area contributed by atoms with Crippen molar-refractivity contribution < 1.29 is 18.9 Å². The highest BCUT2D eigenvalue weighted by atomic mass is 19.1. The van der Waals surface area contributed by atoms with Gasteiger partial charge in [-0.3, -0.25) is 4.79 Å². The highest BCUT2D eigenvalue weighted by molar-refractivity contribution is 6.36. The van der Waals surface area contributed by atoms with Crippen LogP contribution < -0.4 is 0 Å². The Labute approximate surface area is 151 Å². The number of aldehydes is 1. The predicted molar refractivity (Wildman–Crippen MR) is 97.3 cm³/mol. The van der Waals surface area contributed by atoms with Crippen LogP contribution in [-0.2, 0) is 21.1 Å². The van der Waals surface area contributed by atoms with Gasteiger partial charge in [0, 0.05) is 16.7 Å². The first-order valence-electron chi connectivity index (χ1n) is 7.71. The van der Waals surface area contributed by atoms with Crippen LogP contribution in [0.1, 0.15) is 22.3 Å². The van der Waals surface area contributed by atoms with Gasteiger partial charge in [0.25, 0.3) is 0 Å². The molecule has 0 heterocycles. The minimum absolute atomic E-state index is 0.146. The summed E-state index contributed by atoms with van der Waals surface area (Å²) in [7, 11) is 1.37. The zero-order valence-electron chi connectivity index (χ0n) is 14.4. The van der Waals surface area contributed by atoms with Gasteiger partial charge in [0.05, 0.1) is 0 Å². The zero-order chi connectivity index (χ0) is 18.8. The Hall–Kier alpha value is -3.46. The van der Waals surface area contributed by atoms with E-state index in [4.69, 9.17) is 9.68 Å². The molecule has 0 aliphatic rings. The van der Waals surface area contributed by atoms with E-state index < -0.39 is 0 Å². The van der Waals surface area contributed by atoms with Gasteiger partial charge in [0.2, 0.25) is 0 Å². The molecule has 5 nitrogen and oxygen atoms in total. The third-order valence-electron chi connectivity index (χ3n) is 3.45. The summed E-state index contributed by atoms with van der Waals surface area (Å²) in [6, 6.07) is 11.3. The number of nitrogens with zero attached hydrogens (tertiary/aromatic N) is 2. The highest BCUT2D eigenvalue weighted by Crippen LogP contribution is 2.16. The van der Waals surface area contributed by atoms with E-state index in [0.717, 1.165) is 11.1 Å². The maximum atomic E-state index is 12.8. The Morgan fingerprint density at radius 1 is 1.23 bits per heavy atom. The number of hydrogen-bond acceptors (Lipinski definition) is 5. The molecule has 2 aromatic carbocycles. The lowest BCUT2D eigenvalue weighted by Crippen LogP contribution is -2.09. The van der Waals surface area contributed by atoms with Crippen molar-refractivity contribution in [3.63, 3.8) is 0 Å². The summed E-state index contributed by atoms with van der Waals surface area (Å²) >= 11 is 0. The van der Waals surface area contributed by atoms with Gasteiger partial charge in [-0.15, -0.1) is 0 Å². The fraction of sp³-hybridized carbons (Fsp3) is 0.150. The first-order valence-corrected chi connectivity index (χ1v) is 7.71. The number of rotatable bonds is 6. The second kappa shape index (κ2) is 9.74. The fourth-order valence-corrected chi connectivity index (χ4v) is 2.18. The smallest absolute Gasteiger partial charge is 0.172 e. The van der Waals surface area contributed by atoms with Gasteiger partial charge >= 0.3 is 0 Å². The van der Waals surface area contributed by atoms with Gasteiger partial charge in [-0.1, -0.05) is 34.4 Å². The Balaban J connectivity index is 2.05. The van der Waals surface area contributed by atoms with Gasteiger partial charge in [-0.25, -0.2) is 4.39 Å². The molecule has 0 N–H and O–H groups in total. The first-order chi connectivity index (χ1) is 12.7. The van der Waals surface area contributed by atoms with Crippen LogP contribution in [0.4, 0.5) is 4.39 Å². The molecular formula is C20H17FN2O3. The minimum Gasteiger partial charge on any atom is -0.399 e. The average molecular weight is 352 g/mol.